The number of carbonyl (C=O) groups excluding carboxylic acids is 1. The van der Waals surface area contributed by atoms with Crippen LogP contribution in [-0.4, -0.2) is 22.3 Å². The van der Waals surface area contributed by atoms with Crippen molar-refractivity contribution in [2.45, 2.75) is 20.3 Å². The van der Waals surface area contributed by atoms with E-state index in [4.69, 9.17) is 16.3 Å². The fourth-order valence-corrected chi connectivity index (χ4v) is 2.84. The largest absolute Gasteiger partial charge is 0.493 e. The van der Waals surface area contributed by atoms with Crippen molar-refractivity contribution >= 4 is 23.2 Å². The van der Waals surface area contributed by atoms with Gasteiger partial charge in [0.25, 0.3) is 0 Å². The molecular formula is C20H20ClN3O2. The molecule has 0 aliphatic rings. The van der Waals surface area contributed by atoms with Crippen molar-refractivity contribution in [1.82, 2.24) is 9.78 Å². The number of aromatic nitrogens is 2. The molecule has 1 N–H and O–H groups in total. The highest BCUT2D eigenvalue weighted by Crippen LogP contribution is 2.23. The maximum Gasteiger partial charge on any atom is 0.227 e. The van der Waals surface area contributed by atoms with Gasteiger partial charge < -0.3 is 10.1 Å². The van der Waals surface area contributed by atoms with Gasteiger partial charge in [-0.05, 0) is 44.2 Å². The average Bonchev–Trinajstić information content (AvgIpc) is 2.91. The quantitative estimate of drug-likeness (QED) is 0.693. The standard InChI is InChI=1S/C20H20ClN3O2/c1-14-20(15(2)24(23-14)17-8-4-3-5-9-17)22-19(25)11-12-26-18-10-6-7-16(21)13-18/h3-10,13H,11-12H2,1-2H3,(H,22,25). The minimum absolute atomic E-state index is 0.120. The number of halogens is 1. The molecule has 1 amide bonds. The summed E-state index contributed by atoms with van der Waals surface area (Å²) in [5.41, 5.74) is 3.35. The Balaban J connectivity index is 1.62. The molecule has 2 aromatic carbocycles. The number of rotatable bonds is 6. The van der Waals surface area contributed by atoms with E-state index >= 15 is 0 Å². The number of nitrogens with zero attached hydrogens (tertiary/aromatic N) is 2. The predicted octanol–water partition coefficient (Wildman–Crippen LogP) is 4.55. The van der Waals surface area contributed by atoms with E-state index in [1.54, 1.807) is 12.1 Å². The highest BCUT2D eigenvalue weighted by atomic mass is 35.5. The second kappa shape index (κ2) is 8.06. The molecule has 0 aliphatic carbocycles. The fraction of sp³-hybridized carbons (Fsp3) is 0.200. The minimum atomic E-state index is -0.120. The number of benzene rings is 2. The number of ether oxygens (including phenoxy) is 1. The molecule has 1 heterocycles. The van der Waals surface area contributed by atoms with Gasteiger partial charge in [-0.3, -0.25) is 4.79 Å². The number of para-hydroxylation sites is 1. The highest BCUT2D eigenvalue weighted by Gasteiger charge is 2.15. The van der Waals surface area contributed by atoms with Crippen molar-refractivity contribution in [3.63, 3.8) is 0 Å². The smallest absolute Gasteiger partial charge is 0.227 e. The minimum Gasteiger partial charge on any atom is -0.493 e. The van der Waals surface area contributed by atoms with Crippen molar-refractivity contribution in [3.8, 4) is 11.4 Å². The van der Waals surface area contributed by atoms with Gasteiger partial charge in [-0.1, -0.05) is 35.9 Å². The molecule has 1 aromatic heterocycles. The lowest BCUT2D eigenvalue weighted by atomic mass is 10.2. The van der Waals surface area contributed by atoms with Gasteiger partial charge in [0.15, 0.2) is 0 Å². The van der Waals surface area contributed by atoms with Gasteiger partial charge in [0, 0.05) is 5.02 Å². The van der Waals surface area contributed by atoms with Crippen molar-refractivity contribution in [1.29, 1.82) is 0 Å². The number of hydrogen-bond acceptors (Lipinski definition) is 3. The van der Waals surface area contributed by atoms with Crippen LogP contribution in [-0.2, 0) is 4.79 Å². The van der Waals surface area contributed by atoms with Crippen LogP contribution in [0.25, 0.3) is 5.69 Å². The van der Waals surface area contributed by atoms with E-state index in [2.05, 4.69) is 10.4 Å². The summed E-state index contributed by atoms with van der Waals surface area (Å²) in [6.45, 7) is 4.09. The molecule has 0 fully saturated rings. The summed E-state index contributed by atoms with van der Waals surface area (Å²) in [6.07, 6.45) is 0.238. The first-order valence-electron chi connectivity index (χ1n) is 8.34. The molecule has 5 nitrogen and oxygen atoms in total. The molecule has 0 unspecified atom stereocenters. The first kappa shape index (κ1) is 18.0. The number of amides is 1. The molecule has 0 spiro atoms. The summed E-state index contributed by atoms with van der Waals surface area (Å²) >= 11 is 5.91. The molecule has 3 aromatic rings. The first-order valence-corrected chi connectivity index (χ1v) is 8.72. The van der Waals surface area contributed by atoms with E-state index in [1.807, 2.05) is 61.0 Å². The van der Waals surface area contributed by atoms with Crippen LogP contribution in [0.4, 0.5) is 5.69 Å². The van der Waals surface area contributed by atoms with Gasteiger partial charge in [0.2, 0.25) is 5.91 Å². The first-order chi connectivity index (χ1) is 12.5. The SMILES string of the molecule is Cc1nn(-c2ccccc2)c(C)c1NC(=O)CCOc1cccc(Cl)c1. The number of carbonyl (C=O) groups is 1. The number of anilines is 1. The molecule has 0 radical (unpaired) electrons. The van der Waals surface area contributed by atoms with Crippen molar-refractivity contribution in [3.05, 3.63) is 71.0 Å². The molecule has 0 aliphatic heterocycles. The molecule has 134 valence electrons. The Morgan fingerprint density at radius 2 is 1.92 bits per heavy atom. The van der Waals surface area contributed by atoms with Crippen LogP contribution in [0, 0.1) is 13.8 Å². The molecular weight excluding hydrogens is 350 g/mol. The van der Waals surface area contributed by atoms with Gasteiger partial charge in [-0.15, -0.1) is 0 Å². The zero-order chi connectivity index (χ0) is 18.5. The molecule has 0 saturated carbocycles. The van der Waals surface area contributed by atoms with E-state index in [-0.39, 0.29) is 18.9 Å². The Morgan fingerprint density at radius 1 is 1.15 bits per heavy atom. The number of hydrogen-bond donors (Lipinski definition) is 1. The average molecular weight is 370 g/mol. The fourth-order valence-electron chi connectivity index (χ4n) is 2.66. The van der Waals surface area contributed by atoms with Gasteiger partial charge in [0.1, 0.15) is 5.75 Å². The summed E-state index contributed by atoms with van der Waals surface area (Å²) < 4.78 is 7.39. The van der Waals surface area contributed by atoms with Crippen molar-refractivity contribution in [2.24, 2.45) is 0 Å². The van der Waals surface area contributed by atoms with Crippen LogP contribution in [0.3, 0.4) is 0 Å². The lowest BCUT2D eigenvalue weighted by Gasteiger charge is -2.08. The normalized spacial score (nSPS) is 10.6. The van der Waals surface area contributed by atoms with Gasteiger partial charge in [-0.25, -0.2) is 4.68 Å². The Kier molecular flexibility index (Phi) is 5.58. The lowest BCUT2D eigenvalue weighted by Crippen LogP contribution is -2.16. The van der Waals surface area contributed by atoms with Gasteiger partial charge in [0.05, 0.1) is 35.8 Å². The summed E-state index contributed by atoms with van der Waals surface area (Å²) in [4.78, 5) is 12.3. The Morgan fingerprint density at radius 3 is 2.65 bits per heavy atom. The van der Waals surface area contributed by atoms with E-state index in [0.717, 1.165) is 22.8 Å². The Bertz CT molecular complexity index is 907. The van der Waals surface area contributed by atoms with Crippen molar-refractivity contribution in [2.75, 3.05) is 11.9 Å². The zero-order valence-corrected chi connectivity index (χ0v) is 15.5. The van der Waals surface area contributed by atoms with E-state index in [1.165, 1.54) is 0 Å². The van der Waals surface area contributed by atoms with Gasteiger partial charge >= 0.3 is 0 Å². The van der Waals surface area contributed by atoms with Crippen LogP contribution < -0.4 is 10.1 Å². The third-order valence-corrected chi connectivity index (χ3v) is 4.19. The Hall–Kier alpha value is -2.79. The third-order valence-electron chi connectivity index (χ3n) is 3.95. The molecule has 0 atom stereocenters. The summed E-state index contributed by atoms with van der Waals surface area (Å²) in [5.74, 6) is 0.528. The van der Waals surface area contributed by atoms with Gasteiger partial charge in [-0.2, -0.15) is 5.10 Å². The summed E-state index contributed by atoms with van der Waals surface area (Å²) in [5, 5.41) is 8.07. The second-order valence-corrected chi connectivity index (χ2v) is 6.33. The monoisotopic (exact) mass is 369 g/mol. The maximum absolute atomic E-state index is 12.3. The second-order valence-electron chi connectivity index (χ2n) is 5.90. The lowest BCUT2D eigenvalue weighted by molar-refractivity contribution is -0.116. The van der Waals surface area contributed by atoms with E-state index in [0.29, 0.717) is 10.8 Å². The molecule has 0 saturated heterocycles. The highest BCUT2D eigenvalue weighted by molar-refractivity contribution is 6.30. The molecule has 3 rings (SSSR count). The Labute approximate surface area is 157 Å². The van der Waals surface area contributed by atoms with Crippen LogP contribution in [0.15, 0.2) is 54.6 Å². The van der Waals surface area contributed by atoms with Crippen LogP contribution in [0.2, 0.25) is 5.02 Å². The molecule has 0 bridgehead atoms. The maximum atomic E-state index is 12.3. The summed E-state index contributed by atoms with van der Waals surface area (Å²) in [7, 11) is 0. The molecule has 26 heavy (non-hydrogen) atoms. The van der Waals surface area contributed by atoms with E-state index in [9.17, 15) is 4.79 Å². The topological polar surface area (TPSA) is 56.2 Å². The number of nitrogens with one attached hydrogen (secondary N) is 1. The molecule has 6 heteroatoms. The summed E-state index contributed by atoms with van der Waals surface area (Å²) in [6, 6.07) is 16.9. The number of aryl methyl sites for hydroxylation is 1. The van der Waals surface area contributed by atoms with Crippen LogP contribution >= 0.6 is 11.6 Å². The zero-order valence-electron chi connectivity index (χ0n) is 14.7. The van der Waals surface area contributed by atoms with E-state index < -0.39 is 0 Å². The third kappa shape index (κ3) is 4.24. The van der Waals surface area contributed by atoms with Crippen LogP contribution in [0.5, 0.6) is 5.75 Å². The predicted molar refractivity (Wildman–Crippen MR) is 103 cm³/mol. The van der Waals surface area contributed by atoms with Crippen molar-refractivity contribution < 1.29 is 9.53 Å². The van der Waals surface area contributed by atoms with Crippen LogP contribution in [0.1, 0.15) is 17.8 Å².